The number of aliphatic hydroxyl groups is 1. The van der Waals surface area contributed by atoms with Crippen LogP contribution in [0.3, 0.4) is 0 Å². The third-order valence-electron chi connectivity index (χ3n) is 10.9. The van der Waals surface area contributed by atoms with Crippen molar-refractivity contribution in [3.05, 3.63) is 0 Å². The molecule has 3 aliphatic rings. The van der Waals surface area contributed by atoms with E-state index in [1.807, 2.05) is 41.8 Å². The van der Waals surface area contributed by atoms with E-state index in [-0.39, 0.29) is 68.5 Å². The van der Waals surface area contributed by atoms with Gasteiger partial charge in [-0.3, -0.25) is 19.2 Å². The molecule has 0 radical (unpaired) electrons. The zero-order chi connectivity index (χ0) is 35.4. The molecule has 3 rings (SSSR count). The maximum atomic E-state index is 14.2. The van der Waals surface area contributed by atoms with E-state index in [1.165, 1.54) is 6.92 Å². The van der Waals surface area contributed by atoms with Crippen LogP contribution < -0.4 is 0 Å². The molecule has 3 aliphatic heterocycles. The Bertz CT molecular complexity index is 1170. The van der Waals surface area contributed by atoms with Crippen molar-refractivity contribution >= 4 is 29.2 Å². The van der Waals surface area contributed by atoms with Crippen LogP contribution in [0.5, 0.6) is 0 Å². The highest BCUT2D eigenvalue weighted by Gasteiger charge is 2.51. The molecule has 0 aliphatic carbocycles. The van der Waals surface area contributed by atoms with Crippen LogP contribution in [0.25, 0.3) is 0 Å². The Morgan fingerprint density at radius 1 is 1.04 bits per heavy atom. The van der Waals surface area contributed by atoms with E-state index in [1.54, 1.807) is 27.7 Å². The standard InChI is InChI=1S/C36H60N2O9/c1-12-28-36(9,43)27-15-14-26(39)19-44-35(8,18-20(3)31(22(27)5)37-29(40)13-2)33(23(6)32(41)24(7)34(42)46-28)47-30-17-25(38(10)11)16-21(4)45-30/h20-25,27-28,30,33,43H,12-19H2,1-11H3/b37-31+/t20-,21-,22-,23+,24-,25+,27-,28-,30+,33-,35-,36+/m1/s1. The first-order valence-electron chi connectivity index (χ1n) is 17.6. The van der Waals surface area contributed by atoms with Gasteiger partial charge in [-0.25, -0.2) is 4.99 Å². The van der Waals surface area contributed by atoms with Crippen LogP contribution in [0, 0.1) is 29.6 Å². The molecule has 3 heterocycles. The third kappa shape index (κ3) is 9.15. The predicted molar refractivity (Wildman–Crippen MR) is 178 cm³/mol. The molecule has 0 aromatic heterocycles. The quantitative estimate of drug-likeness (QED) is 0.329. The molecule has 47 heavy (non-hydrogen) atoms. The topological polar surface area (TPSA) is 141 Å². The van der Waals surface area contributed by atoms with Gasteiger partial charge >= 0.3 is 5.97 Å². The summed E-state index contributed by atoms with van der Waals surface area (Å²) in [5, 5.41) is 12.2. The molecule has 0 saturated carbocycles. The predicted octanol–water partition coefficient (Wildman–Crippen LogP) is 4.55. The van der Waals surface area contributed by atoms with Gasteiger partial charge in [-0.05, 0) is 79.3 Å². The zero-order valence-electron chi connectivity index (χ0n) is 30.5. The van der Waals surface area contributed by atoms with Crippen molar-refractivity contribution in [2.75, 3.05) is 20.7 Å². The lowest BCUT2D eigenvalue weighted by molar-refractivity contribution is -0.264. The van der Waals surface area contributed by atoms with Gasteiger partial charge in [0.25, 0.3) is 0 Å². The number of fused-ring (bicyclic) bond motifs is 5. The van der Waals surface area contributed by atoms with E-state index in [4.69, 9.17) is 18.9 Å². The van der Waals surface area contributed by atoms with Crippen molar-refractivity contribution < 1.29 is 43.2 Å². The maximum Gasteiger partial charge on any atom is 0.316 e. The number of cyclic esters (lactones) is 1. The molecule has 1 amide bonds. The van der Waals surface area contributed by atoms with E-state index in [0.717, 1.165) is 6.42 Å². The van der Waals surface area contributed by atoms with Crippen molar-refractivity contribution in [1.29, 1.82) is 0 Å². The largest absolute Gasteiger partial charge is 0.459 e. The lowest BCUT2D eigenvalue weighted by Crippen LogP contribution is -2.56. The third-order valence-corrected chi connectivity index (χ3v) is 10.9. The zero-order valence-corrected chi connectivity index (χ0v) is 30.5. The summed E-state index contributed by atoms with van der Waals surface area (Å²) in [6.45, 7) is 15.9. The minimum Gasteiger partial charge on any atom is -0.459 e. The first kappa shape index (κ1) is 39.4. The normalized spacial score (nSPS) is 42.4. The molecule has 2 bridgehead atoms. The Balaban J connectivity index is 2.27. The maximum absolute atomic E-state index is 14.2. The van der Waals surface area contributed by atoms with Crippen LogP contribution in [0.1, 0.15) is 107 Å². The first-order chi connectivity index (χ1) is 21.9. The van der Waals surface area contributed by atoms with Crippen molar-refractivity contribution in [2.24, 2.45) is 34.6 Å². The Morgan fingerprint density at radius 3 is 2.30 bits per heavy atom. The number of rotatable bonds is 5. The van der Waals surface area contributed by atoms with Gasteiger partial charge in [0.2, 0.25) is 5.91 Å². The molecular formula is C36H60N2O9. The Labute approximate surface area is 281 Å². The number of ketones is 2. The van der Waals surface area contributed by atoms with E-state index in [9.17, 15) is 24.3 Å². The number of carbonyl (C=O) groups is 4. The summed E-state index contributed by atoms with van der Waals surface area (Å²) in [5.74, 6) is -5.04. The van der Waals surface area contributed by atoms with Crippen LogP contribution in [-0.2, 0) is 38.1 Å². The highest BCUT2D eigenvalue weighted by molar-refractivity contribution is 6.00. The summed E-state index contributed by atoms with van der Waals surface area (Å²) < 4.78 is 25.5. The summed E-state index contributed by atoms with van der Waals surface area (Å²) in [4.78, 5) is 60.9. The van der Waals surface area contributed by atoms with Crippen molar-refractivity contribution in [3.8, 4) is 0 Å². The fourth-order valence-corrected chi connectivity index (χ4v) is 8.03. The smallest absolute Gasteiger partial charge is 0.316 e. The number of esters is 1. The van der Waals surface area contributed by atoms with Gasteiger partial charge in [-0.2, -0.15) is 0 Å². The van der Waals surface area contributed by atoms with E-state index < -0.39 is 65.1 Å². The van der Waals surface area contributed by atoms with Gasteiger partial charge in [0.1, 0.15) is 24.2 Å². The molecule has 268 valence electrons. The van der Waals surface area contributed by atoms with Gasteiger partial charge in [0.05, 0.1) is 17.8 Å². The van der Waals surface area contributed by atoms with Gasteiger partial charge in [0.15, 0.2) is 17.9 Å². The van der Waals surface area contributed by atoms with Crippen molar-refractivity contribution in [3.63, 3.8) is 0 Å². The minimum atomic E-state index is -1.60. The number of ether oxygens (including phenoxy) is 4. The van der Waals surface area contributed by atoms with Gasteiger partial charge in [-0.1, -0.05) is 34.6 Å². The average molecular weight is 665 g/mol. The van der Waals surface area contributed by atoms with Crippen LogP contribution >= 0.6 is 0 Å². The number of Topliss-reactive ketones (excluding diaryl/α,β-unsaturated/α-hetero) is 2. The fraction of sp³-hybridized carbons (Fsp3) is 0.861. The molecule has 0 spiro atoms. The average Bonchev–Trinajstić information content (AvgIpc) is 3.02. The van der Waals surface area contributed by atoms with E-state index in [2.05, 4.69) is 9.89 Å². The monoisotopic (exact) mass is 664 g/mol. The summed E-state index contributed by atoms with van der Waals surface area (Å²) in [6.07, 6.45) is -0.202. The minimum absolute atomic E-state index is 0.0964. The van der Waals surface area contributed by atoms with E-state index >= 15 is 0 Å². The Kier molecular flexibility index (Phi) is 13.5. The molecule has 1 N–H and O–H groups in total. The van der Waals surface area contributed by atoms with Crippen LogP contribution in [0.15, 0.2) is 4.99 Å². The van der Waals surface area contributed by atoms with Gasteiger partial charge < -0.3 is 29.0 Å². The number of nitrogens with zero attached hydrogens (tertiary/aromatic N) is 2. The number of carbonyl (C=O) groups excluding carboxylic acids is 4. The van der Waals surface area contributed by atoms with Crippen LogP contribution in [0.4, 0.5) is 0 Å². The second-order valence-electron chi connectivity index (χ2n) is 15.0. The van der Waals surface area contributed by atoms with Gasteiger partial charge in [-0.15, -0.1) is 0 Å². The lowest BCUT2D eigenvalue weighted by atomic mass is 9.68. The molecule has 3 saturated heterocycles. The summed E-state index contributed by atoms with van der Waals surface area (Å²) in [6, 6.07) is 0.180. The van der Waals surface area contributed by atoms with Crippen LogP contribution in [-0.4, -0.2) is 102 Å². The SMILES string of the molecule is CCC(=O)/N=C1\[C@H](C)C[C@@]2(C)OCC(=O)CC[C@H]([C@H]1C)[C@](C)(O)[C@@H](CC)OC(=O)[C@H](C)C(=O)[C@H](C)[C@H]2O[C@H]1C[C@@H](N(C)C)C[C@@H](C)O1. The number of hydrogen-bond donors (Lipinski definition) is 1. The number of hydrogen-bond acceptors (Lipinski definition) is 10. The molecule has 11 nitrogen and oxygen atoms in total. The summed E-state index contributed by atoms with van der Waals surface area (Å²) in [5.41, 5.74) is -2.26. The molecule has 11 heteroatoms. The highest BCUT2D eigenvalue weighted by Crippen LogP contribution is 2.42. The second-order valence-corrected chi connectivity index (χ2v) is 15.0. The number of amides is 1. The molecular weight excluding hydrogens is 604 g/mol. The highest BCUT2D eigenvalue weighted by atomic mass is 16.7. The number of aliphatic imine (C=N–C) groups is 1. The molecule has 0 aromatic carbocycles. The molecule has 0 aromatic rings. The molecule has 3 fully saturated rings. The summed E-state index contributed by atoms with van der Waals surface area (Å²) in [7, 11) is 4.02. The Hall–Kier alpha value is -2.05. The van der Waals surface area contributed by atoms with Crippen molar-refractivity contribution in [2.45, 2.75) is 149 Å². The molecule has 0 unspecified atom stereocenters. The second kappa shape index (κ2) is 16.1. The van der Waals surface area contributed by atoms with Crippen LogP contribution in [0.2, 0.25) is 0 Å². The molecule has 12 atom stereocenters. The van der Waals surface area contributed by atoms with Crippen molar-refractivity contribution in [1.82, 2.24) is 4.90 Å². The summed E-state index contributed by atoms with van der Waals surface area (Å²) >= 11 is 0. The Morgan fingerprint density at radius 2 is 1.70 bits per heavy atom. The fourth-order valence-electron chi connectivity index (χ4n) is 8.03. The lowest BCUT2D eigenvalue weighted by Gasteiger charge is -2.46. The van der Waals surface area contributed by atoms with E-state index in [0.29, 0.717) is 12.1 Å². The van der Waals surface area contributed by atoms with Gasteiger partial charge in [0, 0.05) is 42.9 Å². The first-order valence-corrected chi connectivity index (χ1v) is 17.6.